The topological polar surface area (TPSA) is 62.8 Å². The van der Waals surface area contributed by atoms with Crippen molar-refractivity contribution in [3.8, 4) is 0 Å². The van der Waals surface area contributed by atoms with Gasteiger partial charge in [-0.2, -0.15) is 5.10 Å². The summed E-state index contributed by atoms with van der Waals surface area (Å²) in [6.45, 7) is 1.23. The van der Waals surface area contributed by atoms with Gasteiger partial charge in [-0.3, -0.25) is 14.7 Å². The van der Waals surface area contributed by atoms with Crippen LogP contribution in [-0.4, -0.2) is 21.8 Å². The summed E-state index contributed by atoms with van der Waals surface area (Å²) in [5, 5.41) is 5.93. The number of Topliss-reactive ketones (excluding diaryl/α,β-unsaturated/α-hetero) is 2. The van der Waals surface area contributed by atoms with Crippen LogP contribution in [0.15, 0.2) is 12.3 Å². The molecule has 4 heteroatoms. The minimum atomic E-state index is -0.530. The fraction of sp³-hybridized carbons (Fsp3) is 0.167. The molecule has 0 aromatic carbocycles. The molecule has 0 aliphatic heterocycles. The standard InChI is InChI=1S/C6H6N2O2/c1-4(9)6(10)5-2-3-7-8-5/h2-3H,1H3,(H,7,8). The van der Waals surface area contributed by atoms with Gasteiger partial charge in [0.25, 0.3) is 0 Å². The van der Waals surface area contributed by atoms with Crippen LogP contribution in [0.2, 0.25) is 0 Å². The van der Waals surface area contributed by atoms with E-state index in [1.54, 1.807) is 0 Å². The molecule has 0 amide bonds. The lowest BCUT2D eigenvalue weighted by Gasteiger charge is -1.86. The van der Waals surface area contributed by atoms with Gasteiger partial charge in [0.05, 0.1) is 0 Å². The Morgan fingerprint density at radius 1 is 1.60 bits per heavy atom. The van der Waals surface area contributed by atoms with E-state index in [1.165, 1.54) is 19.2 Å². The Labute approximate surface area is 57.2 Å². The Balaban J connectivity index is 2.88. The SMILES string of the molecule is CC(=O)C(=O)c1ccn[nH]1. The Kier molecular flexibility index (Phi) is 1.62. The molecule has 4 nitrogen and oxygen atoms in total. The molecule has 0 bridgehead atoms. The third-order valence-electron chi connectivity index (χ3n) is 1.07. The van der Waals surface area contributed by atoms with Gasteiger partial charge in [-0.15, -0.1) is 0 Å². The van der Waals surface area contributed by atoms with Crippen LogP contribution >= 0.6 is 0 Å². The van der Waals surface area contributed by atoms with E-state index in [4.69, 9.17) is 0 Å². The van der Waals surface area contributed by atoms with Gasteiger partial charge >= 0.3 is 0 Å². The quantitative estimate of drug-likeness (QED) is 0.468. The van der Waals surface area contributed by atoms with E-state index in [-0.39, 0.29) is 5.69 Å². The lowest BCUT2D eigenvalue weighted by molar-refractivity contribution is -0.113. The molecule has 0 aliphatic rings. The van der Waals surface area contributed by atoms with Crippen LogP contribution in [0.25, 0.3) is 0 Å². The van der Waals surface area contributed by atoms with Crippen LogP contribution in [0.1, 0.15) is 17.4 Å². The normalized spacial score (nSPS) is 9.30. The number of hydrogen-bond donors (Lipinski definition) is 1. The van der Waals surface area contributed by atoms with E-state index < -0.39 is 11.6 Å². The molecule has 1 aromatic heterocycles. The zero-order valence-electron chi connectivity index (χ0n) is 5.42. The average Bonchev–Trinajstić information content (AvgIpc) is 2.36. The fourth-order valence-corrected chi connectivity index (χ4v) is 0.572. The van der Waals surface area contributed by atoms with E-state index in [0.717, 1.165) is 0 Å². The number of H-pyrrole nitrogens is 1. The van der Waals surface area contributed by atoms with Crippen molar-refractivity contribution in [2.24, 2.45) is 0 Å². The maximum atomic E-state index is 10.8. The Hall–Kier alpha value is -1.45. The number of nitrogens with one attached hydrogen (secondary N) is 1. The van der Waals surface area contributed by atoms with Gasteiger partial charge in [0, 0.05) is 13.1 Å². The highest BCUT2D eigenvalue weighted by atomic mass is 16.2. The molecule has 1 heterocycles. The van der Waals surface area contributed by atoms with Crippen molar-refractivity contribution in [2.75, 3.05) is 0 Å². The summed E-state index contributed by atoms with van der Waals surface area (Å²) in [5.41, 5.74) is 0.243. The van der Waals surface area contributed by atoms with Crippen LogP contribution in [-0.2, 0) is 4.79 Å². The zero-order valence-corrected chi connectivity index (χ0v) is 5.42. The summed E-state index contributed by atoms with van der Waals surface area (Å²) < 4.78 is 0. The molecule has 0 radical (unpaired) electrons. The lowest BCUT2D eigenvalue weighted by Crippen LogP contribution is -2.09. The molecule has 0 atom stereocenters. The monoisotopic (exact) mass is 138 g/mol. The fourth-order valence-electron chi connectivity index (χ4n) is 0.572. The van der Waals surface area contributed by atoms with E-state index in [2.05, 4.69) is 10.2 Å². The first-order chi connectivity index (χ1) is 4.72. The molecule has 0 fully saturated rings. The van der Waals surface area contributed by atoms with E-state index in [1.807, 2.05) is 0 Å². The van der Waals surface area contributed by atoms with Crippen LogP contribution in [0.4, 0.5) is 0 Å². The van der Waals surface area contributed by atoms with Crippen LogP contribution in [0.5, 0.6) is 0 Å². The van der Waals surface area contributed by atoms with Gasteiger partial charge in [-0.25, -0.2) is 0 Å². The number of nitrogens with zero attached hydrogens (tertiary/aromatic N) is 1. The molecular weight excluding hydrogens is 132 g/mol. The molecule has 0 aliphatic carbocycles. The largest absolute Gasteiger partial charge is 0.291 e. The second-order valence-electron chi connectivity index (χ2n) is 1.86. The summed E-state index contributed by atoms with van der Waals surface area (Å²) in [4.78, 5) is 21.2. The molecule has 0 spiro atoms. The maximum Gasteiger partial charge on any atom is 0.245 e. The summed E-state index contributed by atoms with van der Waals surface area (Å²) in [6.07, 6.45) is 1.43. The van der Waals surface area contributed by atoms with E-state index in [9.17, 15) is 9.59 Å². The smallest absolute Gasteiger partial charge is 0.245 e. The number of rotatable bonds is 2. The van der Waals surface area contributed by atoms with Crippen molar-refractivity contribution >= 4 is 11.6 Å². The van der Waals surface area contributed by atoms with E-state index >= 15 is 0 Å². The molecule has 1 aromatic rings. The highest BCUT2D eigenvalue weighted by Crippen LogP contribution is 1.93. The predicted octanol–water partition coefficient (Wildman–Crippen LogP) is 0.181. The van der Waals surface area contributed by atoms with Crippen molar-refractivity contribution in [1.29, 1.82) is 0 Å². The highest BCUT2D eigenvalue weighted by Gasteiger charge is 2.10. The van der Waals surface area contributed by atoms with Gasteiger partial charge in [0.2, 0.25) is 11.6 Å². The number of ketones is 2. The Morgan fingerprint density at radius 3 is 2.70 bits per heavy atom. The summed E-state index contributed by atoms with van der Waals surface area (Å²) in [6, 6.07) is 1.46. The molecule has 0 saturated carbocycles. The first-order valence-electron chi connectivity index (χ1n) is 2.76. The molecular formula is C6H6N2O2. The minimum Gasteiger partial charge on any atom is -0.291 e. The summed E-state index contributed by atoms with van der Waals surface area (Å²) >= 11 is 0. The van der Waals surface area contributed by atoms with Crippen molar-refractivity contribution < 1.29 is 9.59 Å². The van der Waals surface area contributed by atoms with E-state index in [0.29, 0.717) is 0 Å². The van der Waals surface area contributed by atoms with Crippen molar-refractivity contribution in [3.63, 3.8) is 0 Å². The second kappa shape index (κ2) is 2.43. The molecule has 52 valence electrons. The first-order valence-corrected chi connectivity index (χ1v) is 2.76. The van der Waals surface area contributed by atoms with Gasteiger partial charge in [0.15, 0.2) is 0 Å². The number of hydrogen-bond acceptors (Lipinski definition) is 3. The first kappa shape index (κ1) is 6.67. The molecule has 0 saturated heterocycles. The Bertz CT molecular complexity index is 251. The van der Waals surface area contributed by atoms with Crippen molar-refractivity contribution in [2.45, 2.75) is 6.92 Å². The summed E-state index contributed by atoms with van der Waals surface area (Å²) in [5.74, 6) is -1.01. The predicted molar refractivity (Wildman–Crippen MR) is 33.6 cm³/mol. The van der Waals surface area contributed by atoms with Gasteiger partial charge in [0.1, 0.15) is 5.69 Å². The number of aromatic amines is 1. The number of carbonyl (C=O) groups excluding carboxylic acids is 2. The van der Waals surface area contributed by atoms with Gasteiger partial charge in [-0.05, 0) is 6.07 Å². The van der Waals surface area contributed by atoms with Gasteiger partial charge in [-0.1, -0.05) is 0 Å². The Morgan fingerprint density at radius 2 is 2.30 bits per heavy atom. The highest BCUT2D eigenvalue weighted by molar-refractivity contribution is 6.42. The van der Waals surface area contributed by atoms with Crippen LogP contribution in [0.3, 0.4) is 0 Å². The second-order valence-corrected chi connectivity index (χ2v) is 1.86. The summed E-state index contributed by atoms with van der Waals surface area (Å²) in [7, 11) is 0. The lowest BCUT2D eigenvalue weighted by atomic mass is 10.2. The maximum absolute atomic E-state index is 10.8. The molecule has 1 rings (SSSR count). The van der Waals surface area contributed by atoms with Crippen LogP contribution in [0, 0.1) is 0 Å². The van der Waals surface area contributed by atoms with Crippen molar-refractivity contribution in [3.05, 3.63) is 18.0 Å². The molecule has 10 heavy (non-hydrogen) atoms. The zero-order chi connectivity index (χ0) is 7.56. The van der Waals surface area contributed by atoms with Crippen molar-refractivity contribution in [1.82, 2.24) is 10.2 Å². The number of aromatic nitrogens is 2. The third kappa shape index (κ3) is 1.10. The molecule has 0 unspecified atom stereocenters. The van der Waals surface area contributed by atoms with Crippen LogP contribution < -0.4 is 0 Å². The van der Waals surface area contributed by atoms with Gasteiger partial charge < -0.3 is 0 Å². The third-order valence-corrected chi connectivity index (χ3v) is 1.07. The average molecular weight is 138 g/mol. The number of carbonyl (C=O) groups is 2. The minimum absolute atomic E-state index is 0.243. The molecule has 1 N–H and O–H groups in total.